The van der Waals surface area contributed by atoms with Gasteiger partial charge in [-0.15, -0.1) is 0 Å². The molecule has 0 atom stereocenters. The van der Waals surface area contributed by atoms with E-state index in [9.17, 15) is 0 Å². The van der Waals surface area contributed by atoms with Gasteiger partial charge in [-0.1, -0.05) is 31.2 Å². The number of nitrogen functional groups attached to an aromatic ring is 1. The molecule has 1 aliphatic carbocycles. The second-order valence-corrected chi connectivity index (χ2v) is 5.09. The summed E-state index contributed by atoms with van der Waals surface area (Å²) in [6.45, 7) is 2.16. The van der Waals surface area contributed by atoms with Gasteiger partial charge in [-0.3, -0.25) is 0 Å². The van der Waals surface area contributed by atoms with E-state index >= 15 is 0 Å². The van der Waals surface area contributed by atoms with Crippen molar-refractivity contribution in [1.29, 1.82) is 0 Å². The molecule has 1 aliphatic rings. The van der Waals surface area contributed by atoms with E-state index in [1.807, 2.05) is 11.6 Å². The van der Waals surface area contributed by atoms with Crippen molar-refractivity contribution in [2.45, 2.75) is 32.1 Å². The quantitative estimate of drug-likeness (QED) is 0.897. The van der Waals surface area contributed by atoms with Crippen LogP contribution < -0.4 is 5.73 Å². The predicted molar refractivity (Wildman–Crippen MR) is 74.4 cm³/mol. The van der Waals surface area contributed by atoms with Crippen LogP contribution in [0, 0.1) is 0 Å². The Kier molecular flexibility index (Phi) is 2.62. The maximum absolute atomic E-state index is 6.17. The summed E-state index contributed by atoms with van der Waals surface area (Å²) >= 11 is 0. The molecule has 1 saturated carbocycles. The summed E-state index contributed by atoms with van der Waals surface area (Å²) in [4.78, 5) is 4.74. The molecule has 1 heterocycles. The zero-order valence-corrected chi connectivity index (χ0v) is 11.0. The first-order valence-corrected chi connectivity index (χ1v) is 6.62. The summed E-state index contributed by atoms with van der Waals surface area (Å²) in [5.74, 6) is 2.55. The van der Waals surface area contributed by atoms with Gasteiger partial charge in [-0.05, 0) is 24.8 Å². The van der Waals surface area contributed by atoms with Crippen LogP contribution in [0.15, 0.2) is 24.3 Å². The number of benzene rings is 1. The van der Waals surface area contributed by atoms with E-state index in [2.05, 4.69) is 31.2 Å². The zero-order chi connectivity index (χ0) is 12.7. The van der Waals surface area contributed by atoms with Crippen LogP contribution in [0.3, 0.4) is 0 Å². The van der Waals surface area contributed by atoms with E-state index in [0.29, 0.717) is 5.92 Å². The topological polar surface area (TPSA) is 43.8 Å². The normalized spacial score (nSPS) is 15.0. The maximum atomic E-state index is 6.17. The van der Waals surface area contributed by atoms with Crippen molar-refractivity contribution in [3.63, 3.8) is 0 Å². The van der Waals surface area contributed by atoms with Crippen molar-refractivity contribution >= 4 is 5.82 Å². The fourth-order valence-corrected chi connectivity index (χ4v) is 2.35. The fraction of sp³-hybridized carbons (Fsp3) is 0.400. The molecule has 1 aromatic heterocycles. The highest BCUT2D eigenvalue weighted by Gasteiger charge is 2.29. The van der Waals surface area contributed by atoms with Gasteiger partial charge in [-0.2, -0.15) is 0 Å². The first-order valence-electron chi connectivity index (χ1n) is 6.62. The Labute approximate surface area is 108 Å². The highest BCUT2D eigenvalue weighted by molar-refractivity contribution is 5.71. The molecule has 2 N–H and O–H groups in total. The third-order valence-corrected chi connectivity index (χ3v) is 3.75. The standard InChI is InChI=1S/C15H19N3/c1-3-10-4-6-11(7-5-10)13-14(16)18(2)15(17-13)12-8-9-12/h4-7,12H,3,8-9,16H2,1-2H3. The second kappa shape index (κ2) is 4.16. The minimum atomic E-state index is 0.626. The van der Waals surface area contributed by atoms with E-state index in [1.54, 1.807) is 0 Å². The number of hydrogen-bond donors (Lipinski definition) is 1. The Balaban J connectivity index is 2.02. The van der Waals surface area contributed by atoms with Crippen molar-refractivity contribution in [2.75, 3.05) is 5.73 Å². The molecule has 0 saturated heterocycles. The van der Waals surface area contributed by atoms with Gasteiger partial charge >= 0.3 is 0 Å². The summed E-state index contributed by atoms with van der Waals surface area (Å²) in [6.07, 6.45) is 3.56. The summed E-state index contributed by atoms with van der Waals surface area (Å²) in [6, 6.07) is 8.54. The van der Waals surface area contributed by atoms with E-state index in [0.717, 1.165) is 29.3 Å². The second-order valence-electron chi connectivity index (χ2n) is 5.09. The van der Waals surface area contributed by atoms with Crippen LogP contribution >= 0.6 is 0 Å². The number of nitrogens with two attached hydrogens (primary N) is 1. The fourth-order valence-electron chi connectivity index (χ4n) is 2.35. The number of imidazole rings is 1. The molecular formula is C15H19N3. The molecule has 0 amide bonds. The van der Waals surface area contributed by atoms with Crippen molar-refractivity contribution in [3.05, 3.63) is 35.7 Å². The lowest BCUT2D eigenvalue weighted by Gasteiger charge is -2.02. The van der Waals surface area contributed by atoms with Gasteiger partial charge < -0.3 is 10.3 Å². The van der Waals surface area contributed by atoms with Gasteiger partial charge in [0.2, 0.25) is 0 Å². The molecular weight excluding hydrogens is 222 g/mol. The molecule has 2 aromatic rings. The molecule has 3 rings (SSSR count). The molecule has 0 radical (unpaired) electrons. The van der Waals surface area contributed by atoms with Crippen LogP contribution in [0.4, 0.5) is 5.82 Å². The molecule has 1 aromatic carbocycles. The summed E-state index contributed by atoms with van der Waals surface area (Å²) < 4.78 is 2.04. The van der Waals surface area contributed by atoms with Gasteiger partial charge in [0.1, 0.15) is 17.3 Å². The Morgan fingerprint density at radius 3 is 2.50 bits per heavy atom. The molecule has 0 bridgehead atoms. The van der Waals surface area contributed by atoms with E-state index < -0.39 is 0 Å². The van der Waals surface area contributed by atoms with Gasteiger partial charge in [0, 0.05) is 18.5 Å². The van der Waals surface area contributed by atoms with Crippen molar-refractivity contribution < 1.29 is 0 Å². The smallest absolute Gasteiger partial charge is 0.131 e. The van der Waals surface area contributed by atoms with Crippen molar-refractivity contribution in [2.24, 2.45) is 7.05 Å². The molecule has 3 nitrogen and oxygen atoms in total. The number of hydrogen-bond acceptors (Lipinski definition) is 2. The SMILES string of the molecule is CCc1ccc(-c2nc(C3CC3)n(C)c2N)cc1. The first-order chi connectivity index (χ1) is 8.70. The first kappa shape index (κ1) is 11.3. The average molecular weight is 241 g/mol. The summed E-state index contributed by atoms with van der Waals surface area (Å²) in [5.41, 5.74) is 9.57. The van der Waals surface area contributed by atoms with Crippen LogP contribution in [-0.2, 0) is 13.5 Å². The number of nitrogens with zero attached hydrogens (tertiary/aromatic N) is 2. The van der Waals surface area contributed by atoms with Crippen LogP contribution in [-0.4, -0.2) is 9.55 Å². The molecule has 0 aliphatic heterocycles. The molecule has 94 valence electrons. The van der Waals surface area contributed by atoms with Crippen molar-refractivity contribution in [1.82, 2.24) is 9.55 Å². The van der Waals surface area contributed by atoms with Crippen LogP contribution in [0.2, 0.25) is 0 Å². The minimum absolute atomic E-state index is 0.626. The van der Waals surface area contributed by atoms with Gasteiger partial charge in [0.25, 0.3) is 0 Å². The lowest BCUT2D eigenvalue weighted by Crippen LogP contribution is -2.00. The van der Waals surface area contributed by atoms with E-state index in [1.165, 1.54) is 18.4 Å². The van der Waals surface area contributed by atoms with Crippen LogP contribution in [0.25, 0.3) is 11.3 Å². The third-order valence-electron chi connectivity index (χ3n) is 3.75. The lowest BCUT2D eigenvalue weighted by atomic mass is 10.1. The minimum Gasteiger partial charge on any atom is -0.383 e. The van der Waals surface area contributed by atoms with Crippen LogP contribution in [0.1, 0.15) is 37.1 Å². The van der Waals surface area contributed by atoms with Gasteiger partial charge in [-0.25, -0.2) is 4.98 Å². The average Bonchev–Trinajstić information content (AvgIpc) is 3.19. The Hall–Kier alpha value is -1.77. The number of rotatable bonds is 3. The predicted octanol–water partition coefficient (Wildman–Crippen LogP) is 3.11. The third kappa shape index (κ3) is 1.80. The zero-order valence-electron chi connectivity index (χ0n) is 11.0. The van der Waals surface area contributed by atoms with E-state index in [4.69, 9.17) is 10.7 Å². The van der Waals surface area contributed by atoms with Gasteiger partial charge in [0.05, 0.1) is 0 Å². The molecule has 0 unspecified atom stereocenters. The molecule has 18 heavy (non-hydrogen) atoms. The Bertz CT molecular complexity index is 562. The molecule has 3 heteroatoms. The Morgan fingerprint density at radius 1 is 1.28 bits per heavy atom. The Morgan fingerprint density at radius 2 is 1.94 bits per heavy atom. The number of anilines is 1. The van der Waals surface area contributed by atoms with Crippen molar-refractivity contribution in [3.8, 4) is 11.3 Å². The van der Waals surface area contributed by atoms with Crippen LogP contribution in [0.5, 0.6) is 0 Å². The number of aryl methyl sites for hydroxylation is 1. The largest absolute Gasteiger partial charge is 0.383 e. The number of aromatic nitrogens is 2. The van der Waals surface area contributed by atoms with Gasteiger partial charge in [0.15, 0.2) is 0 Å². The highest BCUT2D eigenvalue weighted by atomic mass is 15.1. The summed E-state index contributed by atoms with van der Waals surface area (Å²) in [5, 5.41) is 0. The maximum Gasteiger partial charge on any atom is 0.131 e. The van der Waals surface area contributed by atoms with E-state index in [-0.39, 0.29) is 0 Å². The summed E-state index contributed by atoms with van der Waals surface area (Å²) in [7, 11) is 2.01. The monoisotopic (exact) mass is 241 g/mol. The molecule has 0 spiro atoms. The lowest BCUT2D eigenvalue weighted by molar-refractivity contribution is 0.807. The highest BCUT2D eigenvalue weighted by Crippen LogP contribution is 2.41. The molecule has 1 fully saturated rings.